The van der Waals surface area contributed by atoms with E-state index < -0.39 is 0 Å². The molecule has 20 heavy (non-hydrogen) atoms. The lowest BCUT2D eigenvalue weighted by Crippen LogP contribution is -2.11. The van der Waals surface area contributed by atoms with Crippen LogP contribution in [0.5, 0.6) is 0 Å². The van der Waals surface area contributed by atoms with Crippen molar-refractivity contribution < 1.29 is 4.79 Å². The zero-order valence-electron chi connectivity index (χ0n) is 11.5. The van der Waals surface area contributed by atoms with E-state index in [1.54, 1.807) is 6.08 Å². The predicted octanol–water partition coefficient (Wildman–Crippen LogP) is 4.13. The molecule has 1 aliphatic carbocycles. The summed E-state index contributed by atoms with van der Waals surface area (Å²) >= 11 is 0. The second kappa shape index (κ2) is 7.45. The summed E-state index contributed by atoms with van der Waals surface area (Å²) in [6, 6.07) is 9.78. The van der Waals surface area contributed by atoms with Gasteiger partial charge in [-0.3, -0.25) is 4.79 Å². The molecule has 0 radical (unpaired) electrons. The average Bonchev–Trinajstić information content (AvgIpc) is 2.52. The second-order valence-corrected chi connectivity index (χ2v) is 5.29. The lowest BCUT2D eigenvalue weighted by molar-refractivity contribution is -0.104. The highest BCUT2D eigenvalue weighted by Gasteiger charge is 2.17. The summed E-state index contributed by atoms with van der Waals surface area (Å²) in [5, 5.41) is 8.75. The van der Waals surface area contributed by atoms with Crippen LogP contribution in [0.15, 0.2) is 42.5 Å². The van der Waals surface area contributed by atoms with Gasteiger partial charge in [0.1, 0.15) is 6.29 Å². The number of carbonyl (C=O) groups excluding carboxylic acids is 1. The molecule has 1 saturated carbocycles. The Kier molecular flexibility index (Phi) is 5.32. The van der Waals surface area contributed by atoms with E-state index in [0.717, 1.165) is 24.7 Å². The molecule has 0 bridgehead atoms. The summed E-state index contributed by atoms with van der Waals surface area (Å²) in [7, 11) is 0. The van der Waals surface area contributed by atoms with Gasteiger partial charge in [0.2, 0.25) is 0 Å². The topological polar surface area (TPSA) is 40.9 Å². The molecule has 0 atom stereocenters. The molecule has 0 saturated heterocycles. The van der Waals surface area contributed by atoms with Gasteiger partial charge >= 0.3 is 0 Å². The van der Waals surface area contributed by atoms with Crippen molar-refractivity contribution in [2.45, 2.75) is 25.7 Å². The van der Waals surface area contributed by atoms with E-state index in [1.807, 2.05) is 30.3 Å². The van der Waals surface area contributed by atoms with Gasteiger partial charge in [-0.2, -0.15) is 5.26 Å². The fraction of sp³-hybridized carbons (Fsp3) is 0.333. The standard InChI is InChI=1S/C18H19NO/c19-14-18-11-9-17(10-12-18)8-7-16-5-3-15(4-6-16)2-1-13-20/h1-2,7-13,15-16H,3-6H2/t15-,16-. The van der Waals surface area contributed by atoms with E-state index in [0.29, 0.717) is 17.4 Å². The number of rotatable bonds is 4. The molecule has 0 aliphatic heterocycles. The SMILES string of the molecule is N#Cc1ccc(C=C[C@H]2CC[C@H](C=CC=O)CC2)cc1. The first kappa shape index (κ1) is 14.3. The Morgan fingerprint density at radius 2 is 1.60 bits per heavy atom. The minimum Gasteiger partial charge on any atom is -0.299 e. The van der Waals surface area contributed by atoms with Crippen LogP contribution in [-0.4, -0.2) is 6.29 Å². The normalized spacial score (nSPS) is 22.9. The molecule has 1 aromatic carbocycles. The van der Waals surface area contributed by atoms with E-state index in [9.17, 15) is 4.79 Å². The number of nitrogens with zero attached hydrogens (tertiary/aromatic N) is 1. The molecule has 1 fully saturated rings. The van der Waals surface area contributed by atoms with Gasteiger partial charge in [0.15, 0.2) is 0 Å². The quantitative estimate of drug-likeness (QED) is 0.606. The van der Waals surface area contributed by atoms with Crippen LogP contribution in [0.2, 0.25) is 0 Å². The molecule has 2 nitrogen and oxygen atoms in total. The van der Waals surface area contributed by atoms with Crippen molar-refractivity contribution >= 4 is 12.4 Å². The van der Waals surface area contributed by atoms with Crippen molar-refractivity contribution in [1.82, 2.24) is 0 Å². The molecule has 1 aromatic rings. The van der Waals surface area contributed by atoms with Gasteiger partial charge in [-0.05, 0) is 61.3 Å². The summed E-state index contributed by atoms with van der Waals surface area (Å²) in [6.45, 7) is 0. The van der Waals surface area contributed by atoms with Gasteiger partial charge in [0.05, 0.1) is 11.6 Å². The number of carbonyl (C=O) groups is 1. The maximum absolute atomic E-state index is 10.3. The van der Waals surface area contributed by atoms with Crippen LogP contribution in [0, 0.1) is 23.2 Å². The number of aldehydes is 1. The zero-order valence-corrected chi connectivity index (χ0v) is 11.5. The number of allylic oxidation sites excluding steroid dienone is 3. The molecular formula is C18H19NO. The maximum Gasteiger partial charge on any atom is 0.142 e. The van der Waals surface area contributed by atoms with Gasteiger partial charge in [0, 0.05) is 0 Å². The highest BCUT2D eigenvalue weighted by Crippen LogP contribution is 2.30. The van der Waals surface area contributed by atoms with Crippen LogP contribution in [0.1, 0.15) is 36.8 Å². The molecule has 2 rings (SSSR count). The van der Waals surface area contributed by atoms with Crippen molar-refractivity contribution in [1.29, 1.82) is 5.26 Å². The monoisotopic (exact) mass is 265 g/mol. The maximum atomic E-state index is 10.3. The number of nitriles is 1. The molecule has 0 N–H and O–H groups in total. The minimum absolute atomic E-state index is 0.569. The number of hydrogen-bond acceptors (Lipinski definition) is 2. The van der Waals surface area contributed by atoms with E-state index in [-0.39, 0.29) is 0 Å². The Hall–Kier alpha value is -2.14. The van der Waals surface area contributed by atoms with Gasteiger partial charge in [0.25, 0.3) is 0 Å². The van der Waals surface area contributed by atoms with Gasteiger partial charge in [-0.1, -0.05) is 30.4 Å². The van der Waals surface area contributed by atoms with E-state index in [2.05, 4.69) is 18.2 Å². The second-order valence-electron chi connectivity index (χ2n) is 5.29. The first-order valence-electron chi connectivity index (χ1n) is 7.12. The Bertz CT molecular complexity index is 526. The third-order valence-electron chi connectivity index (χ3n) is 3.88. The Labute approximate surface area is 120 Å². The predicted molar refractivity (Wildman–Crippen MR) is 80.8 cm³/mol. The highest BCUT2D eigenvalue weighted by atomic mass is 16.1. The highest BCUT2D eigenvalue weighted by molar-refractivity contribution is 5.64. The third-order valence-corrected chi connectivity index (χ3v) is 3.88. The molecule has 0 unspecified atom stereocenters. The Balaban J connectivity index is 1.85. The largest absolute Gasteiger partial charge is 0.299 e. The lowest BCUT2D eigenvalue weighted by Gasteiger charge is -2.24. The first-order chi connectivity index (χ1) is 9.81. The van der Waals surface area contributed by atoms with Gasteiger partial charge in [-0.25, -0.2) is 0 Å². The lowest BCUT2D eigenvalue weighted by atomic mass is 9.81. The summed E-state index contributed by atoms with van der Waals surface area (Å²) in [5.74, 6) is 1.20. The van der Waals surface area contributed by atoms with Crippen LogP contribution in [0.3, 0.4) is 0 Å². The van der Waals surface area contributed by atoms with Crippen LogP contribution < -0.4 is 0 Å². The molecule has 1 aliphatic rings. The summed E-state index contributed by atoms with van der Waals surface area (Å²) in [4.78, 5) is 10.3. The Morgan fingerprint density at radius 3 is 2.15 bits per heavy atom. The van der Waals surface area contributed by atoms with E-state index in [4.69, 9.17) is 5.26 Å². The zero-order chi connectivity index (χ0) is 14.2. The molecule has 0 amide bonds. The first-order valence-corrected chi connectivity index (χ1v) is 7.12. The van der Waals surface area contributed by atoms with E-state index >= 15 is 0 Å². The Morgan fingerprint density at radius 1 is 1.00 bits per heavy atom. The van der Waals surface area contributed by atoms with Crippen molar-refractivity contribution in [3.63, 3.8) is 0 Å². The van der Waals surface area contributed by atoms with Crippen molar-refractivity contribution in [3.8, 4) is 6.07 Å². The van der Waals surface area contributed by atoms with Crippen LogP contribution in [0.25, 0.3) is 6.08 Å². The third kappa shape index (κ3) is 4.20. The fourth-order valence-electron chi connectivity index (χ4n) is 2.65. The van der Waals surface area contributed by atoms with Gasteiger partial charge in [-0.15, -0.1) is 0 Å². The summed E-state index contributed by atoms with van der Waals surface area (Å²) in [6.07, 6.45) is 13.6. The van der Waals surface area contributed by atoms with Crippen LogP contribution in [0.4, 0.5) is 0 Å². The smallest absolute Gasteiger partial charge is 0.142 e. The van der Waals surface area contributed by atoms with Crippen LogP contribution in [-0.2, 0) is 4.79 Å². The molecule has 0 heterocycles. The minimum atomic E-state index is 0.569. The van der Waals surface area contributed by atoms with Crippen molar-refractivity contribution in [2.24, 2.45) is 11.8 Å². The summed E-state index contributed by atoms with van der Waals surface area (Å²) < 4.78 is 0. The van der Waals surface area contributed by atoms with E-state index in [1.165, 1.54) is 12.8 Å². The molecule has 0 aromatic heterocycles. The summed E-state index contributed by atoms with van der Waals surface area (Å²) in [5.41, 5.74) is 1.84. The van der Waals surface area contributed by atoms with Gasteiger partial charge < -0.3 is 0 Å². The number of hydrogen-bond donors (Lipinski definition) is 0. The van der Waals surface area contributed by atoms with Crippen LogP contribution >= 0.6 is 0 Å². The van der Waals surface area contributed by atoms with Crippen molar-refractivity contribution in [2.75, 3.05) is 0 Å². The molecule has 2 heteroatoms. The fourth-order valence-corrected chi connectivity index (χ4v) is 2.65. The van der Waals surface area contributed by atoms with Crippen molar-refractivity contribution in [3.05, 3.63) is 53.6 Å². The molecular weight excluding hydrogens is 246 g/mol. The molecule has 0 spiro atoms. The average molecular weight is 265 g/mol. The molecule has 102 valence electrons. The number of benzene rings is 1.